The molecular weight excluding hydrogens is 364 g/mol. The molecule has 0 saturated heterocycles. The topological polar surface area (TPSA) is 52.8 Å². The molecule has 0 bridgehead atoms. The van der Waals surface area contributed by atoms with Crippen LogP contribution in [-0.4, -0.2) is 34.2 Å². The van der Waals surface area contributed by atoms with Gasteiger partial charge in [0.05, 0.1) is 16.9 Å². The van der Waals surface area contributed by atoms with Crippen molar-refractivity contribution in [3.8, 4) is 11.4 Å². The normalized spacial score (nSPS) is 12.0. The molecular formula is C19H25ClN4OSi. The monoisotopic (exact) mass is 388 g/mol. The van der Waals surface area contributed by atoms with Crippen molar-refractivity contribution >= 4 is 30.6 Å². The summed E-state index contributed by atoms with van der Waals surface area (Å²) in [5.74, 6) is 0. The molecule has 26 heavy (non-hydrogen) atoms. The van der Waals surface area contributed by atoms with Crippen molar-refractivity contribution < 1.29 is 4.74 Å². The largest absolute Gasteiger partial charge is 0.361 e. The van der Waals surface area contributed by atoms with Gasteiger partial charge in [0, 0.05) is 32.0 Å². The lowest BCUT2D eigenvalue weighted by Gasteiger charge is -2.17. The second kappa shape index (κ2) is 7.86. The number of nitrogens with zero attached hydrogens (tertiary/aromatic N) is 4. The summed E-state index contributed by atoms with van der Waals surface area (Å²) in [6, 6.07) is 7.13. The van der Waals surface area contributed by atoms with Crippen molar-refractivity contribution in [2.24, 2.45) is 0 Å². The molecule has 0 fully saturated rings. The highest BCUT2D eigenvalue weighted by molar-refractivity contribution is 6.76. The van der Waals surface area contributed by atoms with Gasteiger partial charge in [0.2, 0.25) is 0 Å². The lowest BCUT2D eigenvalue weighted by molar-refractivity contribution is 0.0912. The third-order valence-corrected chi connectivity index (χ3v) is 6.23. The summed E-state index contributed by atoms with van der Waals surface area (Å²) >= 11 is 6.13. The van der Waals surface area contributed by atoms with Crippen molar-refractivity contribution in [3.05, 3.63) is 41.6 Å². The predicted molar refractivity (Wildman–Crippen MR) is 109 cm³/mol. The minimum atomic E-state index is -1.12. The van der Waals surface area contributed by atoms with Crippen LogP contribution in [0.3, 0.4) is 0 Å². The van der Waals surface area contributed by atoms with E-state index in [1.165, 1.54) is 0 Å². The van der Waals surface area contributed by atoms with Crippen LogP contribution in [0.1, 0.15) is 12.6 Å². The fraction of sp³-hybridized carbons (Fsp3) is 0.421. The number of aromatic nitrogens is 4. The van der Waals surface area contributed by atoms with E-state index >= 15 is 0 Å². The van der Waals surface area contributed by atoms with Gasteiger partial charge in [0.25, 0.3) is 0 Å². The fourth-order valence-electron chi connectivity index (χ4n) is 2.75. The lowest BCUT2D eigenvalue weighted by Crippen LogP contribution is -2.22. The van der Waals surface area contributed by atoms with E-state index in [-0.39, 0.29) is 0 Å². The molecule has 0 aliphatic rings. The molecule has 7 heteroatoms. The van der Waals surface area contributed by atoms with Crippen molar-refractivity contribution in [2.75, 3.05) is 6.61 Å². The first kappa shape index (κ1) is 19.0. The van der Waals surface area contributed by atoms with Crippen LogP contribution < -0.4 is 0 Å². The SMILES string of the molecule is CCc1cc(-c2cc3cnc(Cl)cc3n2COCC[Si](C)(C)C)ncn1. The van der Waals surface area contributed by atoms with E-state index < -0.39 is 8.07 Å². The summed E-state index contributed by atoms with van der Waals surface area (Å²) in [4.78, 5) is 13.0. The van der Waals surface area contributed by atoms with Crippen molar-refractivity contribution in [3.63, 3.8) is 0 Å². The Balaban J connectivity index is 1.96. The van der Waals surface area contributed by atoms with Crippen LogP contribution in [0.15, 0.2) is 30.7 Å². The summed E-state index contributed by atoms with van der Waals surface area (Å²) < 4.78 is 8.13. The van der Waals surface area contributed by atoms with Crippen LogP contribution in [0.5, 0.6) is 0 Å². The highest BCUT2D eigenvalue weighted by Gasteiger charge is 2.15. The third-order valence-electron chi connectivity index (χ3n) is 4.32. The van der Waals surface area contributed by atoms with E-state index in [9.17, 15) is 0 Å². The number of aryl methyl sites for hydroxylation is 1. The minimum Gasteiger partial charge on any atom is -0.361 e. The quantitative estimate of drug-likeness (QED) is 0.324. The van der Waals surface area contributed by atoms with Crippen LogP contribution in [0.25, 0.3) is 22.3 Å². The number of hydrogen-bond acceptors (Lipinski definition) is 4. The first-order chi connectivity index (χ1) is 12.4. The summed E-state index contributed by atoms with van der Waals surface area (Å²) in [5.41, 5.74) is 3.90. The maximum Gasteiger partial charge on any atom is 0.131 e. The first-order valence-electron chi connectivity index (χ1n) is 8.91. The molecule has 3 aromatic rings. The Bertz CT molecular complexity index is 904. The average Bonchev–Trinajstić information content (AvgIpc) is 2.96. The van der Waals surface area contributed by atoms with E-state index in [4.69, 9.17) is 16.3 Å². The summed E-state index contributed by atoms with van der Waals surface area (Å²) in [6.07, 6.45) is 4.28. The lowest BCUT2D eigenvalue weighted by atomic mass is 10.2. The highest BCUT2D eigenvalue weighted by atomic mass is 35.5. The van der Waals surface area contributed by atoms with E-state index in [2.05, 4.69) is 52.2 Å². The van der Waals surface area contributed by atoms with Gasteiger partial charge in [-0.1, -0.05) is 38.2 Å². The van der Waals surface area contributed by atoms with Gasteiger partial charge in [-0.15, -0.1) is 0 Å². The molecule has 0 spiro atoms. The minimum absolute atomic E-state index is 0.467. The summed E-state index contributed by atoms with van der Waals surface area (Å²) in [6.45, 7) is 10.4. The molecule has 3 aromatic heterocycles. The maximum absolute atomic E-state index is 6.13. The first-order valence-corrected chi connectivity index (χ1v) is 13.0. The Hall–Kier alpha value is -1.76. The van der Waals surface area contributed by atoms with E-state index in [0.717, 1.165) is 47.1 Å². The van der Waals surface area contributed by atoms with E-state index in [0.29, 0.717) is 11.9 Å². The predicted octanol–water partition coefficient (Wildman–Crippen LogP) is 5.02. The molecule has 5 nitrogen and oxygen atoms in total. The van der Waals surface area contributed by atoms with Gasteiger partial charge in [-0.3, -0.25) is 0 Å². The van der Waals surface area contributed by atoms with Crippen LogP contribution in [0, 0.1) is 0 Å². The molecule has 0 saturated carbocycles. The zero-order chi connectivity index (χ0) is 18.7. The number of pyridine rings is 1. The standard InChI is InChI=1S/C19H25ClN4OSi/c1-5-15-9-16(23-12-22-15)18-8-14-11-21-19(20)10-17(14)24(18)13-25-6-7-26(2,3)4/h8-12H,5-7,13H2,1-4H3. The molecule has 0 radical (unpaired) electrons. The number of ether oxygens (including phenoxy) is 1. The number of rotatable bonds is 7. The van der Waals surface area contributed by atoms with Gasteiger partial charge in [-0.25, -0.2) is 15.0 Å². The molecule has 0 aliphatic heterocycles. The zero-order valence-electron chi connectivity index (χ0n) is 15.8. The van der Waals surface area contributed by atoms with Gasteiger partial charge in [-0.2, -0.15) is 0 Å². The number of hydrogen-bond donors (Lipinski definition) is 0. The Morgan fingerprint density at radius 3 is 2.65 bits per heavy atom. The average molecular weight is 389 g/mol. The van der Waals surface area contributed by atoms with Crippen LogP contribution in [0.4, 0.5) is 0 Å². The van der Waals surface area contributed by atoms with Crippen LogP contribution >= 0.6 is 11.6 Å². The van der Waals surface area contributed by atoms with E-state index in [1.807, 2.05) is 12.1 Å². The molecule has 0 N–H and O–H groups in total. The molecule has 138 valence electrons. The molecule has 0 aliphatic carbocycles. The zero-order valence-corrected chi connectivity index (χ0v) is 17.5. The van der Waals surface area contributed by atoms with E-state index in [1.54, 1.807) is 12.5 Å². The molecule has 0 aromatic carbocycles. The third kappa shape index (κ3) is 4.49. The second-order valence-corrected chi connectivity index (χ2v) is 13.6. The van der Waals surface area contributed by atoms with Gasteiger partial charge < -0.3 is 9.30 Å². The van der Waals surface area contributed by atoms with Gasteiger partial charge in [0.1, 0.15) is 18.2 Å². The Morgan fingerprint density at radius 2 is 1.92 bits per heavy atom. The van der Waals surface area contributed by atoms with Crippen molar-refractivity contribution in [1.82, 2.24) is 19.5 Å². The molecule has 0 atom stereocenters. The van der Waals surface area contributed by atoms with Gasteiger partial charge in [0.15, 0.2) is 0 Å². The summed E-state index contributed by atoms with van der Waals surface area (Å²) in [5, 5.41) is 1.50. The fourth-order valence-corrected chi connectivity index (χ4v) is 3.66. The van der Waals surface area contributed by atoms with Crippen LogP contribution in [-0.2, 0) is 17.9 Å². The van der Waals surface area contributed by atoms with Gasteiger partial charge >= 0.3 is 0 Å². The maximum atomic E-state index is 6.13. The molecule has 3 heterocycles. The Morgan fingerprint density at radius 1 is 1.12 bits per heavy atom. The number of halogens is 1. The number of fused-ring (bicyclic) bond motifs is 1. The van der Waals surface area contributed by atoms with Crippen molar-refractivity contribution in [1.29, 1.82) is 0 Å². The molecule has 0 amide bonds. The molecule has 3 rings (SSSR count). The van der Waals surface area contributed by atoms with Gasteiger partial charge in [-0.05, 0) is 30.7 Å². The Labute approximate surface area is 160 Å². The Kier molecular flexibility index (Phi) is 5.75. The highest BCUT2D eigenvalue weighted by Crippen LogP contribution is 2.28. The smallest absolute Gasteiger partial charge is 0.131 e. The second-order valence-electron chi connectivity index (χ2n) is 7.62. The summed E-state index contributed by atoms with van der Waals surface area (Å²) in [7, 11) is -1.12. The van der Waals surface area contributed by atoms with Crippen LogP contribution in [0.2, 0.25) is 30.8 Å². The van der Waals surface area contributed by atoms with Crippen molar-refractivity contribution in [2.45, 2.75) is 45.8 Å². The molecule has 0 unspecified atom stereocenters.